The van der Waals surface area contributed by atoms with Gasteiger partial charge in [0.05, 0.1) is 16.3 Å². The summed E-state index contributed by atoms with van der Waals surface area (Å²) in [6.07, 6.45) is 5.53. The van der Waals surface area contributed by atoms with Gasteiger partial charge in [-0.15, -0.1) is 0 Å². The monoisotopic (exact) mass is 654 g/mol. The lowest BCUT2D eigenvalue weighted by atomic mass is 10.2. The Morgan fingerprint density at radius 3 is 2.62 bits per heavy atom. The molecule has 0 atom stereocenters. The number of nitrogens with zero attached hydrogens (tertiary/aromatic N) is 2. The van der Waals surface area contributed by atoms with Gasteiger partial charge in [0.2, 0.25) is 11.8 Å². The quantitative estimate of drug-likeness (QED) is 0.108. The highest BCUT2D eigenvalue weighted by Gasteiger charge is 2.10. The third kappa shape index (κ3) is 11.1. The van der Waals surface area contributed by atoms with Crippen LogP contribution in [-0.2, 0) is 26.0 Å². The molecule has 45 heavy (non-hydrogen) atoms. The molecule has 0 unspecified atom stereocenters. The summed E-state index contributed by atoms with van der Waals surface area (Å²) in [5, 5.41) is 12.6. The fourth-order valence-electron chi connectivity index (χ4n) is 4.04. The van der Waals surface area contributed by atoms with Gasteiger partial charge in [-0.2, -0.15) is 0 Å². The molecule has 4 rings (SSSR count). The summed E-state index contributed by atoms with van der Waals surface area (Å²) in [5.41, 5.74) is 2.49. The molecule has 0 aliphatic rings. The number of halogens is 2. The summed E-state index contributed by atoms with van der Waals surface area (Å²) in [5.74, 6) is -0.0539. The van der Waals surface area contributed by atoms with Gasteiger partial charge in [0.1, 0.15) is 40.2 Å². The number of nitrogens with one attached hydrogen (secondary N) is 4. The minimum atomic E-state index is -3.04. The predicted octanol–water partition coefficient (Wildman–Crippen LogP) is 4.38. The van der Waals surface area contributed by atoms with Crippen LogP contribution in [0.25, 0.3) is 10.9 Å². The number of fused-ring (bicyclic) bond motifs is 1. The van der Waals surface area contributed by atoms with Gasteiger partial charge in [0.15, 0.2) is 0 Å². The molecule has 14 heteroatoms. The molecule has 0 aliphatic carbocycles. The van der Waals surface area contributed by atoms with E-state index in [-0.39, 0.29) is 43.0 Å². The molecular formula is C31H32ClFN6O5S. The van der Waals surface area contributed by atoms with Gasteiger partial charge in [-0.3, -0.25) is 9.59 Å². The van der Waals surface area contributed by atoms with E-state index in [2.05, 4.69) is 31.2 Å². The lowest BCUT2D eigenvalue weighted by Crippen LogP contribution is -2.26. The molecule has 236 valence electrons. The normalized spacial score (nSPS) is 11.4. The highest BCUT2D eigenvalue weighted by molar-refractivity contribution is 7.90. The molecule has 3 aromatic carbocycles. The van der Waals surface area contributed by atoms with Crippen LogP contribution >= 0.6 is 11.6 Å². The molecule has 11 nitrogen and oxygen atoms in total. The molecule has 0 fully saturated rings. The van der Waals surface area contributed by atoms with Crippen molar-refractivity contribution in [2.75, 3.05) is 42.3 Å². The summed E-state index contributed by atoms with van der Waals surface area (Å²) in [4.78, 5) is 33.1. The number of anilines is 3. The number of carbonyl (C=O) groups is 2. The summed E-state index contributed by atoms with van der Waals surface area (Å²) in [6, 6.07) is 16.5. The standard InChI is InChI=1S/C31H32ClFN6O5S/c1-45(42,43)15-14-34-12-3-6-29(40)35-13-11-30(41)38-23-7-9-27-25(17-23)31(37-20-36-27)39-24-8-10-28(26(32)18-24)44-19-21-4-2-5-22(33)16-21/h2-10,16-18,20,34H,11-15,19H2,1H3,(H,35,40)(H,38,41)(H,36,37,39)/b6-3+. The van der Waals surface area contributed by atoms with Crippen LogP contribution in [-0.4, -0.2) is 61.8 Å². The first-order chi connectivity index (χ1) is 21.6. The Labute approximate surface area is 265 Å². The van der Waals surface area contributed by atoms with Crippen LogP contribution in [0.2, 0.25) is 5.02 Å². The minimum Gasteiger partial charge on any atom is -0.487 e. The fourth-order valence-corrected chi connectivity index (χ4v) is 4.79. The SMILES string of the molecule is CS(=O)(=O)CCNC/C=C/C(=O)NCCC(=O)Nc1ccc2ncnc(Nc3ccc(OCc4cccc(F)c4)c(Cl)c3)c2c1. The third-order valence-corrected chi connectivity index (χ3v) is 7.47. The first kappa shape index (κ1) is 33.3. The van der Waals surface area contributed by atoms with Crippen molar-refractivity contribution >= 4 is 61.3 Å². The Kier molecular flexibility index (Phi) is 11.8. The molecule has 0 saturated carbocycles. The summed E-state index contributed by atoms with van der Waals surface area (Å²) in [6.45, 7) is 0.924. The zero-order chi connectivity index (χ0) is 32.2. The molecule has 0 aliphatic heterocycles. The van der Waals surface area contributed by atoms with Crippen LogP contribution in [0.4, 0.5) is 21.6 Å². The smallest absolute Gasteiger partial charge is 0.243 e. The van der Waals surface area contributed by atoms with E-state index in [1.54, 1.807) is 54.6 Å². The Morgan fingerprint density at radius 2 is 1.84 bits per heavy atom. The Hall–Kier alpha value is -4.59. The molecule has 4 N–H and O–H groups in total. The van der Waals surface area contributed by atoms with Crippen LogP contribution in [0, 0.1) is 5.82 Å². The van der Waals surface area contributed by atoms with Gasteiger partial charge in [0, 0.05) is 55.1 Å². The highest BCUT2D eigenvalue weighted by Crippen LogP contribution is 2.31. The second kappa shape index (κ2) is 15.9. The molecule has 1 aromatic heterocycles. The molecule has 2 amide bonds. The molecule has 0 radical (unpaired) electrons. The Morgan fingerprint density at radius 1 is 1.02 bits per heavy atom. The van der Waals surface area contributed by atoms with Crippen molar-refractivity contribution in [3.8, 4) is 5.75 Å². The van der Waals surface area contributed by atoms with Gasteiger partial charge < -0.3 is 26.0 Å². The van der Waals surface area contributed by atoms with Crippen LogP contribution in [0.5, 0.6) is 5.75 Å². The second-order valence-electron chi connectivity index (χ2n) is 9.97. The molecular weight excluding hydrogens is 623 g/mol. The largest absolute Gasteiger partial charge is 0.487 e. The van der Waals surface area contributed by atoms with Crippen molar-refractivity contribution in [1.82, 2.24) is 20.6 Å². The highest BCUT2D eigenvalue weighted by atomic mass is 35.5. The zero-order valence-corrected chi connectivity index (χ0v) is 25.9. The molecule has 4 aromatic rings. The van der Waals surface area contributed by atoms with E-state index in [1.165, 1.54) is 24.5 Å². The predicted molar refractivity (Wildman–Crippen MR) is 173 cm³/mol. The van der Waals surface area contributed by atoms with Crippen molar-refractivity contribution < 1.29 is 27.1 Å². The number of rotatable bonds is 15. The maximum atomic E-state index is 13.4. The van der Waals surface area contributed by atoms with Crippen molar-refractivity contribution in [2.24, 2.45) is 0 Å². The number of sulfone groups is 1. The maximum absolute atomic E-state index is 13.4. The number of benzene rings is 3. The molecule has 0 bridgehead atoms. The van der Waals surface area contributed by atoms with Crippen LogP contribution < -0.4 is 26.0 Å². The second-order valence-corrected chi connectivity index (χ2v) is 12.6. The number of ether oxygens (including phenoxy) is 1. The first-order valence-corrected chi connectivity index (χ1v) is 16.3. The van der Waals surface area contributed by atoms with Gasteiger partial charge in [-0.25, -0.2) is 22.8 Å². The first-order valence-electron chi connectivity index (χ1n) is 13.9. The van der Waals surface area contributed by atoms with Crippen LogP contribution in [0.3, 0.4) is 0 Å². The molecule has 0 spiro atoms. The minimum absolute atomic E-state index is 0.0180. The Bertz CT molecular complexity index is 1800. The summed E-state index contributed by atoms with van der Waals surface area (Å²) < 4.78 is 41.4. The fraction of sp³-hybridized carbons (Fsp3) is 0.226. The lowest BCUT2D eigenvalue weighted by molar-refractivity contribution is -0.117. The van der Waals surface area contributed by atoms with E-state index < -0.39 is 9.84 Å². The van der Waals surface area contributed by atoms with Gasteiger partial charge in [0.25, 0.3) is 0 Å². The van der Waals surface area contributed by atoms with Gasteiger partial charge in [-0.05, 0) is 54.1 Å². The van der Waals surface area contributed by atoms with Gasteiger partial charge in [-0.1, -0.05) is 29.8 Å². The number of amides is 2. The molecule has 1 heterocycles. The van der Waals surface area contributed by atoms with E-state index in [9.17, 15) is 22.4 Å². The average Bonchev–Trinajstić information content (AvgIpc) is 2.98. The average molecular weight is 655 g/mol. The zero-order valence-electron chi connectivity index (χ0n) is 24.3. The number of aromatic nitrogens is 2. The summed E-state index contributed by atoms with van der Waals surface area (Å²) >= 11 is 6.44. The van der Waals surface area contributed by atoms with Gasteiger partial charge >= 0.3 is 0 Å². The Balaban J connectivity index is 1.29. The molecule has 0 saturated heterocycles. The van der Waals surface area contributed by atoms with E-state index in [0.29, 0.717) is 57.5 Å². The van der Waals surface area contributed by atoms with Crippen molar-refractivity contribution in [3.63, 3.8) is 0 Å². The van der Waals surface area contributed by atoms with E-state index >= 15 is 0 Å². The van der Waals surface area contributed by atoms with Crippen molar-refractivity contribution in [2.45, 2.75) is 13.0 Å². The lowest BCUT2D eigenvalue weighted by Gasteiger charge is -2.13. The van der Waals surface area contributed by atoms with E-state index in [4.69, 9.17) is 16.3 Å². The van der Waals surface area contributed by atoms with Crippen molar-refractivity contribution in [1.29, 1.82) is 0 Å². The maximum Gasteiger partial charge on any atom is 0.243 e. The topological polar surface area (TPSA) is 151 Å². The number of carbonyl (C=O) groups excluding carboxylic acids is 2. The van der Waals surface area contributed by atoms with Crippen LogP contribution in [0.1, 0.15) is 12.0 Å². The van der Waals surface area contributed by atoms with E-state index in [0.717, 1.165) is 6.26 Å². The van der Waals surface area contributed by atoms with Crippen LogP contribution in [0.15, 0.2) is 79.1 Å². The third-order valence-electron chi connectivity index (χ3n) is 6.23. The summed E-state index contributed by atoms with van der Waals surface area (Å²) in [7, 11) is -3.04. The van der Waals surface area contributed by atoms with E-state index in [1.807, 2.05) is 0 Å². The number of hydrogen-bond donors (Lipinski definition) is 4. The van der Waals surface area contributed by atoms with Crippen molar-refractivity contribution in [3.05, 3.63) is 95.5 Å². The number of hydrogen-bond acceptors (Lipinski definition) is 9.